The first-order chi connectivity index (χ1) is 20.3. The predicted octanol–water partition coefficient (Wildman–Crippen LogP) is 4.14. The van der Waals surface area contributed by atoms with E-state index in [-0.39, 0.29) is 34.2 Å². The van der Waals surface area contributed by atoms with Crippen molar-refractivity contribution >= 4 is 49.8 Å². The lowest BCUT2D eigenvalue weighted by Crippen LogP contribution is -2.29. The van der Waals surface area contributed by atoms with Crippen LogP contribution in [0.1, 0.15) is 28.5 Å². The van der Waals surface area contributed by atoms with Gasteiger partial charge in [0.15, 0.2) is 0 Å². The number of sulfone groups is 1. The van der Waals surface area contributed by atoms with E-state index in [4.69, 9.17) is 30.8 Å². The largest absolute Gasteiger partial charge is 0.484 e. The maximum Gasteiger partial charge on any atom is 0.259 e. The number of anilines is 2. The molecule has 1 amide bonds. The quantitative estimate of drug-likeness (QED) is 0.338. The number of ether oxygens (including phenoxy) is 3. The van der Waals surface area contributed by atoms with E-state index < -0.39 is 27.9 Å². The summed E-state index contributed by atoms with van der Waals surface area (Å²) in [4.78, 5) is 28.2. The summed E-state index contributed by atoms with van der Waals surface area (Å²) in [5.41, 5.74) is -0.172. The average Bonchev–Trinajstić information content (AvgIpc) is 3.10. The first kappa shape index (κ1) is 28.1. The number of hydrogen-bond acceptors (Lipinski definition) is 10. The summed E-state index contributed by atoms with van der Waals surface area (Å²) < 4.78 is 56.1. The van der Waals surface area contributed by atoms with Gasteiger partial charge in [0.05, 0.1) is 54.7 Å². The Bertz CT molecular complexity index is 1810. The highest BCUT2D eigenvalue weighted by atomic mass is 35.5. The molecule has 2 aliphatic rings. The third-order valence-electron chi connectivity index (χ3n) is 6.86. The van der Waals surface area contributed by atoms with Gasteiger partial charge in [0.2, 0.25) is 21.1 Å². The van der Waals surface area contributed by atoms with Gasteiger partial charge < -0.3 is 24.4 Å². The molecule has 1 N–H and O–H groups in total. The summed E-state index contributed by atoms with van der Waals surface area (Å²) in [5.74, 6) is 1.08. The molecule has 4 aromatic rings. The zero-order valence-electron chi connectivity index (χ0n) is 22.3. The Balaban J connectivity index is 1.23. The zero-order valence-corrected chi connectivity index (χ0v) is 23.9. The van der Waals surface area contributed by atoms with Crippen LogP contribution in [0.2, 0.25) is 5.02 Å². The maximum atomic E-state index is 14.2. The van der Waals surface area contributed by atoms with Gasteiger partial charge in [-0.2, -0.15) is 0 Å². The van der Waals surface area contributed by atoms with Gasteiger partial charge in [-0.15, -0.1) is 0 Å². The van der Waals surface area contributed by atoms with Crippen LogP contribution >= 0.6 is 11.6 Å². The Morgan fingerprint density at radius 2 is 2.10 bits per heavy atom. The summed E-state index contributed by atoms with van der Waals surface area (Å²) in [7, 11) is -4.36. The molecule has 0 saturated heterocycles. The molecule has 0 unspecified atom stereocenters. The SMILES string of the molecule is CCOc1nccc2c1OCCN2c1ccc2cnc(CNC(=O)c3cc(Cl)c4c(c3)S(=O)(=O)[C@@H](F)COC4)cc2n1. The number of aromatic nitrogens is 3. The summed E-state index contributed by atoms with van der Waals surface area (Å²) in [5, 5.41) is 3.53. The third-order valence-corrected chi connectivity index (χ3v) is 8.99. The number of alkyl halides is 1. The molecule has 3 aromatic heterocycles. The zero-order chi connectivity index (χ0) is 29.4. The maximum absolute atomic E-state index is 14.2. The van der Waals surface area contributed by atoms with E-state index in [0.29, 0.717) is 48.4 Å². The molecular weight excluding hydrogens is 589 g/mol. The second-order valence-corrected chi connectivity index (χ2v) is 12.0. The number of carbonyl (C=O) groups is 1. The molecule has 5 heterocycles. The average molecular weight is 614 g/mol. The molecule has 0 aliphatic carbocycles. The third kappa shape index (κ3) is 5.19. The molecule has 1 atom stereocenters. The Hall–Kier alpha value is -4.07. The summed E-state index contributed by atoms with van der Waals surface area (Å²) in [6.07, 6.45) is 3.32. The molecule has 218 valence electrons. The Labute approximate surface area is 245 Å². The van der Waals surface area contributed by atoms with E-state index in [1.165, 1.54) is 6.07 Å². The van der Waals surface area contributed by atoms with Crippen molar-refractivity contribution in [1.82, 2.24) is 20.3 Å². The van der Waals surface area contributed by atoms with Crippen LogP contribution in [-0.2, 0) is 27.7 Å². The van der Waals surface area contributed by atoms with Crippen molar-refractivity contribution in [3.8, 4) is 11.6 Å². The number of benzene rings is 1. The molecule has 0 spiro atoms. The van der Waals surface area contributed by atoms with Gasteiger partial charge in [0, 0.05) is 33.9 Å². The van der Waals surface area contributed by atoms with Crippen LogP contribution in [0.4, 0.5) is 15.9 Å². The highest BCUT2D eigenvalue weighted by molar-refractivity contribution is 7.92. The summed E-state index contributed by atoms with van der Waals surface area (Å²) in [6.45, 7) is 2.58. The predicted molar refractivity (Wildman–Crippen MR) is 152 cm³/mol. The van der Waals surface area contributed by atoms with Gasteiger partial charge in [-0.1, -0.05) is 11.6 Å². The highest BCUT2D eigenvalue weighted by Crippen LogP contribution is 2.41. The van der Waals surface area contributed by atoms with Crippen molar-refractivity contribution in [3.63, 3.8) is 0 Å². The number of hydrogen-bond donors (Lipinski definition) is 1. The van der Waals surface area contributed by atoms with Crippen molar-refractivity contribution in [2.24, 2.45) is 0 Å². The molecule has 11 nitrogen and oxygen atoms in total. The fraction of sp³-hybridized carbons (Fsp3) is 0.286. The molecule has 42 heavy (non-hydrogen) atoms. The van der Waals surface area contributed by atoms with Crippen LogP contribution in [0, 0.1) is 0 Å². The lowest BCUT2D eigenvalue weighted by Gasteiger charge is -2.30. The van der Waals surface area contributed by atoms with Crippen LogP contribution in [0.25, 0.3) is 10.9 Å². The number of rotatable bonds is 6. The van der Waals surface area contributed by atoms with Gasteiger partial charge in [-0.05, 0) is 43.3 Å². The minimum Gasteiger partial charge on any atom is -0.484 e. The van der Waals surface area contributed by atoms with E-state index in [0.717, 1.165) is 17.1 Å². The fourth-order valence-corrected chi connectivity index (χ4v) is 6.47. The van der Waals surface area contributed by atoms with E-state index >= 15 is 0 Å². The Morgan fingerprint density at radius 1 is 1.24 bits per heavy atom. The Morgan fingerprint density at radius 3 is 2.93 bits per heavy atom. The number of fused-ring (bicyclic) bond motifs is 3. The first-order valence-corrected chi connectivity index (χ1v) is 15.0. The van der Waals surface area contributed by atoms with E-state index in [9.17, 15) is 17.6 Å². The first-order valence-electron chi connectivity index (χ1n) is 13.1. The standard InChI is InChI=1S/C28H25ClFN5O6S/c1-2-40-28-26-22(5-6-31-28)35(7-8-41-26)25-4-3-16-12-32-18(11-21(16)34-25)13-33-27(36)17-9-20(29)19-14-39-15-24(30)42(37,38)23(19)10-17/h3-6,9-12,24H,2,7-8,13-15H2,1H3,(H,33,36)/t24-/m1/s1. The van der Waals surface area contributed by atoms with Crippen LogP contribution in [0.15, 0.2) is 53.7 Å². The smallest absolute Gasteiger partial charge is 0.259 e. The lowest BCUT2D eigenvalue weighted by atomic mass is 10.1. The second-order valence-electron chi connectivity index (χ2n) is 9.52. The van der Waals surface area contributed by atoms with Gasteiger partial charge >= 0.3 is 0 Å². The van der Waals surface area contributed by atoms with Crippen LogP contribution < -0.4 is 19.7 Å². The van der Waals surface area contributed by atoms with Crippen molar-refractivity contribution < 1.29 is 31.8 Å². The molecule has 0 saturated carbocycles. The van der Waals surface area contributed by atoms with Crippen molar-refractivity contribution in [1.29, 1.82) is 0 Å². The topological polar surface area (TPSA) is 133 Å². The minimum absolute atomic E-state index is 0.00438. The summed E-state index contributed by atoms with van der Waals surface area (Å²) in [6, 6.07) is 9.87. The van der Waals surface area contributed by atoms with Gasteiger partial charge in [0.25, 0.3) is 11.8 Å². The Kier molecular flexibility index (Phi) is 7.56. The monoisotopic (exact) mass is 613 g/mol. The van der Waals surface area contributed by atoms with Crippen molar-refractivity contribution in [3.05, 3.63) is 70.6 Å². The molecular formula is C28H25ClFN5O6S. The number of halogens is 2. The van der Waals surface area contributed by atoms with Gasteiger partial charge in [0.1, 0.15) is 12.4 Å². The second kappa shape index (κ2) is 11.3. The van der Waals surface area contributed by atoms with E-state index in [2.05, 4.69) is 15.3 Å². The van der Waals surface area contributed by atoms with Gasteiger partial charge in [-0.25, -0.2) is 22.8 Å². The van der Waals surface area contributed by atoms with Crippen molar-refractivity contribution in [2.45, 2.75) is 30.5 Å². The number of nitrogens with one attached hydrogen (secondary N) is 1. The number of amides is 1. The number of nitrogens with zero attached hydrogens (tertiary/aromatic N) is 4. The molecule has 0 radical (unpaired) electrons. The highest BCUT2D eigenvalue weighted by Gasteiger charge is 2.34. The molecule has 2 aliphatic heterocycles. The van der Waals surface area contributed by atoms with Gasteiger partial charge in [-0.3, -0.25) is 9.78 Å². The fourth-order valence-electron chi connectivity index (χ4n) is 4.79. The molecule has 14 heteroatoms. The molecule has 0 bridgehead atoms. The van der Waals surface area contributed by atoms with E-state index in [1.54, 1.807) is 18.5 Å². The molecule has 6 rings (SSSR count). The molecule has 1 aromatic carbocycles. The van der Waals surface area contributed by atoms with E-state index in [1.807, 2.05) is 30.0 Å². The van der Waals surface area contributed by atoms with Crippen LogP contribution in [-0.4, -0.2) is 61.1 Å². The minimum atomic E-state index is -4.36. The van der Waals surface area contributed by atoms with Crippen molar-refractivity contribution in [2.75, 3.05) is 31.3 Å². The van der Waals surface area contributed by atoms with Crippen LogP contribution in [0.5, 0.6) is 11.6 Å². The normalized spacial score (nSPS) is 17.5. The lowest BCUT2D eigenvalue weighted by molar-refractivity contribution is 0.0947. The number of pyridine rings is 3. The van der Waals surface area contributed by atoms with Crippen LogP contribution in [0.3, 0.4) is 0 Å². The number of carbonyl (C=O) groups excluding carboxylic acids is 1. The summed E-state index contributed by atoms with van der Waals surface area (Å²) >= 11 is 6.27. The molecule has 0 fully saturated rings.